The summed E-state index contributed by atoms with van der Waals surface area (Å²) in [6.45, 7) is 5.09. The Morgan fingerprint density at radius 1 is 1.27 bits per heavy atom. The van der Waals surface area contributed by atoms with Crippen LogP contribution in [-0.2, 0) is 25.6 Å². The largest absolute Gasteiger partial charge is 0.459 e. The fourth-order valence-electron chi connectivity index (χ4n) is 1.57. The van der Waals surface area contributed by atoms with Gasteiger partial charge in [-0.15, -0.1) is 0 Å². The van der Waals surface area contributed by atoms with Gasteiger partial charge in [-0.05, 0) is 26.3 Å². The van der Waals surface area contributed by atoms with Crippen LogP contribution in [0.5, 0.6) is 0 Å². The molecule has 6 heteroatoms. The Kier molecular flexibility index (Phi) is 6.21. The van der Waals surface area contributed by atoms with Crippen LogP contribution in [0.25, 0.3) is 0 Å². The highest BCUT2D eigenvalue weighted by atomic mass is 16.6. The minimum atomic E-state index is -1.03. The molecule has 0 unspecified atom stereocenters. The molecule has 1 aromatic carbocycles. The zero-order valence-corrected chi connectivity index (χ0v) is 13.1. The summed E-state index contributed by atoms with van der Waals surface area (Å²) in [7, 11) is -0.321. The Labute approximate surface area is 132 Å². The first-order chi connectivity index (χ1) is 10.8. The molecule has 122 valence electrons. The van der Waals surface area contributed by atoms with Crippen molar-refractivity contribution >= 4 is 12.1 Å². The van der Waals surface area contributed by atoms with Gasteiger partial charge in [-0.3, -0.25) is 0 Å². The maximum absolute atomic E-state index is 12.1. The Morgan fingerprint density at radius 2 is 1.95 bits per heavy atom. The smallest absolute Gasteiger partial charge is 0.408 e. The van der Waals surface area contributed by atoms with E-state index in [-0.39, 0.29) is 20.3 Å². The van der Waals surface area contributed by atoms with Gasteiger partial charge in [0.05, 0.1) is 7.98 Å². The molecule has 0 aliphatic carbocycles. The fraction of sp³-hybridized carbons (Fsp3) is 0.500. The van der Waals surface area contributed by atoms with Crippen LogP contribution in [0.1, 0.15) is 27.7 Å². The number of rotatable bonds is 6. The first kappa shape index (κ1) is 16.3. The number of benzene rings is 1. The molecule has 0 saturated heterocycles. The summed E-state index contributed by atoms with van der Waals surface area (Å²) in [6, 6.07) is 8.15. The SMILES string of the molecule is [2H]COC[C@H](NC(=O)OC(C)(C)C)C(=O)OCc1ccccc1. The molecule has 0 radical (unpaired) electrons. The zero-order valence-electron chi connectivity index (χ0n) is 14.1. The van der Waals surface area contributed by atoms with Gasteiger partial charge >= 0.3 is 12.1 Å². The molecule has 22 heavy (non-hydrogen) atoms. The van der Waals surface area contributed by atoms with E-state index in [1.54, 1.807) is 20.8 Å². The van der Waals surface area contributed by atoms with Crippen LogP contribution in [0, 0.1) is 0 Å². The third kappa shape index (κ3) is 7.08. The third-order valence-corrected chi connectivity index (χ3v) is 2.48. The average molecular weight is 310 g/mol. The summed E-state index contributed by atoms with van der Waals surface area (Å²) in [5, 5.41) is 2.40. The van der Waals surface area contributed by atoms with Crippen molar-refractivity contribution in [1.82, 2.24) is 5.32 Å². The lowest BCUT2D eigenvalue weighted by atomic mass is 10.2. The molecule has 1 atom stereocenters. The minimum absolute atomic E-state index is 0.0903. The number of methoxy groups -OCH3 is 1. The van der Waals surface area contributed by atoms with Crippen LogP contribution < -0.4 is 5.32 Å². The first-order valence-corrected chi connectivity index (χ1v) is 6.89. The van der Waals surface area contributed by atoms with Crippen LogP contribution in [0.15, 0.2) is 30.3 Å². The van der Waals surface area contributed by atoms with Crippen LogP contribution >= 0.6 is 0 Å². The molecule has 1 rings (SSSR count). The lowest BCUT2D eigenvalue weighted by molar-refractivity contribution is -0.148. The minimum Gasteiger partial charge on any atom is -0.459 e. The van der Waals surface area contributed by atoms with Crippen molar-refractivity contribution in [2.45, 2.75) is 39.0 Å². The van der Waals surface area contributed by atoms with Crippen LogP contribution in [-0.4, -0.2) is 37.4 Å². The monoisotopic (exact) mass is 310 g/mol. The summed E-state index contributed by atoms with van der Waals surface area (Å²) in [5.74, 6) is -0.645. The van der Waals surface area contributed by atoms with Crippen molar-refractivity contribution < 1.29 is 25.2 Å². The molecule has 0 spiro atoms. The standard InChI is InChI=1S/C16H23NO5/c1-16(2,3)22-15(19)17-13(11-20-4)14(18)21-10-12-8-6-5-7-9-12/h5-9,13H,10-11H2,1-4H3,(H,17,19)/t13-/m0/s1/i4D. The lowest BCUT2D eigenvalue weighted by Gasteiger charge is -2.22. The number of nitrogens with one attached hydrogen (secondary N) is 1. The van der Waals surface area contributed by atoms with Gasteiger partial charge in [0, 0.05) is 7.09 Å². The maximum atomic E-state index is 12.1. The van der Waals surface area contributed by atoms with E-state index in [1.165, 1.54) is 0 Å². The van der Waals surface area contributed by atoms with Crippen molar-refractivity contribution in [1.29, 1.82) is 0 Å². The van der Waals surface area contributed by atoms with Crippen molar-refractivity contribution in [3.63, 3.8) is 0 Å². The predicted octanol–water partition coefficient (Wildman–Crippen LogP) is 2.27. The van der Waals surface area contributed by atoms with Crippen molar-refractivity contribution in [2.24, 2.45) is 0 Å². The van der Waals surface area contributed by atoms with Crippen LogP contribution in [0.4, 0.5) is 4.79 Å². The molecule has 0 aromatic heterocycles. The number of carbonyl (C=O) groups is 2. The van der Waals surface area contributed by atoms with E-state index >= 15 is 0 Å². The Balaban J connectivity index is 2.57. The summed E-state index contributed by atoms with van der Waals surface area (Å²) in [5.41, 5.74) is 0.150. The van der Waals surface area contributed by atoms with E-state index < -0.39 is 23.7 Å². The molecule has 0 bridgehead atoms. The summed E-state index contributed by atoms with van der Waals surface area (Å²) < 4.78 is 22.1. The zero-order chi connectivity index (χ0) is 17.3. The second-order valence-electron chi connectivity index (χ2n) is 5.66. The van der Waals surface area contributed by atoms with Crippen molar-refractivity contribution in [3.8, 4) is 0 Å². The van der Waals surface area contributed by atoms with E-state index in [0.29, 0.717) is 0 Å². The number of ether oxygens (including phenoxy) is 3. The van der Waals surface area contributed by atoms with Crippen molar-refractivity contribution in [2.75, 3.05) is 13.7 Å². The Hall–Kier alpha value is -2.08. The number of esters is 1. The third-order valence-electron chi connectivity index (χ3n) is 2.48. The van der Waals surface area contributed by atoms with Gasteiger partial charge in [0.15, 0.2) is 6.04 Å². The number of hydrogen-bond acceptors (Lipinski definition) is 5. The number of hydrogen-bond donors (Lipinski definition) is 1. The van der Waals surface area contributed by atoms with E-state index in [4.69, 9.17) is 15.6 Å². The van der Waals surface area contributed by atoms with Crippen molar-refractivity contribution in [3.05, 3.63) is 35.9 Å². The predicted molar refractivity (Wildman–Crippen MR) is 81.3 cm³/mol. The molecule has 0 heterocycles. The van der Waals surface area contributed by atoms with E-state index in [2.05, 4.69) is 5.32 Å². The van der Waals surface area contributed by atoms with Gasteiger partial charge in [-0.25, -0.2) is 9.59 Å². The molecule has 0 aliphatic rings. The number of carbonyl (C=O) groups excluding carboxylic acids is 2. The maximum Gasteiger partial charge on any atom is 0.408 e. The quantitative estimate of drug-likeness (QED) is 0.816. The summed E-state index contributed by atoms with van der Waals surface area (Å²) >= 11 is 0. The number of amides is 1. The van der Waals surface area contributed by atoms with Gasteiger partial charge in [0.2, 0.25) is 0 Å². The first-order valence-electron chi connectivity index (χ1n) is 7.59. The molecule has 6 nitrogen and oxygen atoms in total. The van der Waals surface area contributed by atoms with Gasteiger partial charge < -0.3 is 19.5 Å². The Bertz CT molecular complexity index is 501. The van der Waals surface area contributed by atoms with E-state index in [9.17, 15) is 9.59 Å². The highest BCUT2D eigenvalue weighted by Gasteiger charge is 2.25. The summed E-state index contributed by atoms with van der Waals surface area (Å²) in [6.07, 6.45) is -0.743. The van der Waals surface area contributed by atoms with E-state index in [0.717, 1.165) is 5.56 Å². The molecule has 0 saturated carbocycles. The number of alkyl carbamates (subject to hydrolysis) is 1. The van der Waals surface area contributed by atoms with E-state index in [1.807, 2.05) is 30.3 Å². The average Bonchev–Trinajstić information content (AvgIpc) is 2.48. The highest BCUT2D eigenvalue weighted by molar-refractivity contribution is 5.81. The molecule has 0 fully saturated rings. The van der Waals surface area contributed by atoms with Gasteiger partial charge in [0.1, 0.15) is 12.2 Å². The topological polar surface area (TPSA) is 73.9 Å². The van der Waals surface area contributed by atoms with Crippen LogP contribution in [0.2, 0.25) is 0 Å². The van der Waals surface area contributed by atoms with Gasteiger partial charge in [-0.2, -0.15) is 0 Å². The molecule has 1 N–H and O–H groups in total. The lowest BCUT2D eigenvalue weighted by Crippen LogP contribution is -2.46. The highest BCUT2D eigenvalue weighted by Crippen LogP contribution is 2.07. The normalized spacial score (nSPS) is 13.0. The van der Waals surface area contributed by atoms with Crippen LogP contribution in [0.3, 0.4) is 0 Å². The Morgan fingerprint density at radius 3 is 2.55 bits per heavy atom. The second kappa shape index (κ2) is 8.38. The van der Waals surface area contributed by atoms with Gasteiger partial charge in [0.25, 0.3) is 0 Å². The molecule has 1 amide bonds. The summed E-state index contributed by atoms with van der Waals surface area (Å²) in [4.78, 5) is 23.9. The second-order valence-corrected chi connectivity index (χ2v) is 5.66. The molecular formula is C16H23NO5. The fourth-order valence-corrected chi connectivity index (χ4v) is 1.57. The molecule has 1 aromatic rings. The molecule has 0 aliphatic heterocycles. The van der Waals surface area contributed by atoms with Gasteiger partial charge in [-0.1, -0.05) is 30.3 Å². The molecular weight excluding hydrogens is 286 g/mol.